The smallest absolute Gasteiger partial charge is 0.243 e. The zero-order valence-electron chi connectivity index (χ0n) is 18.5. The van der Waals surface area contributed by atoms with Gasteiger partial charge in [0.1, 0.15) is 0 Å². The molecule has 2 saturated heterocycles. The van der Waals surface area contributed by atoms with E-state index in [0.29, 0.717) is 32.6 Å². The van der Waals surface area contributed by atoms with E-state index >= 15 is 0 Å². The predicted octanol–water partition coefficient (Wildman–Crippen LogP) is 1.32. The maximum absolute atomic E-state index is 13.2. The second-order valence-corrected chi connectivity index (χ2v) is 13.4. The van der Waals surface area contributed by atoms with E-state index in [1.165, 1.54) is 4.31 Å². The predicted molar refractivity (Wildman–Crippen MR) is 126 cm³/mol. The van der Waals surface area contributed by atoms with Crippen LogP contribution in [0, 0.1) is 0 Å². The summed E-state index contributed by atoms with van der Waals surface area (Å²) in [6, 6.07) is 12.8. The van der Waals surface area contributed by atoms with E-state index in [1.54, 1.807) is 12.1 Å². The summed E-state index contributed by atoms with van der Waals surface area (Å²) in [4.78, 5) is 17.1. The molecule has 2 aromatic carbocycles. The third-order valence-electron chi connectivity index (χ3n) is 6.88. The minimum atomic E-state index is -3.61. The lowest BCUT2D eigenvalue weighted by Crippen LogP contribution is -2.53. The number of sulfone groups is 1. The van der Waals surface area contributed by atoms with Crippen molar-refractivity contribution in [3.63, 3.8) is 0 Å². The molecule has 1 amide bonds. The first-order valence-corrected chi connectivity index (χ1v) is 14.7. The number of amides is 1. The molecule has 3 aliphatic rings. The number of hydrogen-bond acceptors (Lipinski definition) is 6. The molecule has 2 aliphatic heterocycles. The monoisotopic (exact) mass is 491 g/mol. The van der Waals surface area contributed by atoms with Crippen LogP contribution in [-0.4, -0.2) is 93.2 Å². The van der Waals surface area contributed by atoms with Crippen molar-refractivity contribution in [3.8, 4) is 0 Å². The van der Waals surface area contributed by atoms with Crippen molar-refractivity contribution in [2.75, 3.05) is 44.2 Å². The summed E-state index contributed by atoms with van der Waals surface area (Å²) in [5.74, 6) is 0.178. The van der Waals surface area contributed by atoms with E-state index in [4.69, 9.17) is 0 Å². The fourth-order valence-electron chi connectivity index (χ4n) is 4.93. The standard InChI is InChI=1S/C23H29N3O5S2/c27-23(26(20-6-7-20)21-9-14-32(28,29)17-21)16-24-10-12-25(13-11-24)33(30,31)22-8-5-18-3-1-2-4-19(18)15-22/h1-5,8,15,20-21H,6-7,9-14,16-17H2. The Labute approximate surface area is 195 Å². The second-order valence-electron chi connectivity index (χ2n) is 9.28. The van der Waals surface area contributed by atoms with E-state index in [1.807, 2.05) is 40.1 Å². The van der Waals surface area contributed by atoms with Crippen LogP contribution in [0.1, 0.15) is 19.3 Å². The van der Waals surface area contributed by atoms with Crippen molar-refractivity contribution >= 4 is 36.5 Å². The van der Waals surface area contributed by atoms with Crippen LogP contribution >= 0.6 is 0 Å². The fraction of sp³-hybridized carbons (Fsp3) is 0.522. The van der Waals surface area contributed by atoms with Gasteiger partial charge in [-0.05, 0) is 42.2 Å². The molecule has 1 aliphatic carbocycles. The number of rotatable bonds is 6. The van der Waals surface area contributed by atoms with Crippen LogP contribution in [0.3, 0.4) is 0 Å². The Morgan fingerprint density at radius 2 is 1.64 bits per heavy atom. The molecule has 5 rings (SSSR count). The molecule has 0 aromatic heterocycles. The minimum Gasteiger partial charge on any atom is -0.335 e. The summed E-state index contributed by atoms with van der Waals surface area (Å²) >= 11 is 0. The summed E-state index contributed by atoms with van der Waals surface area (Å²) in [5, 5.41) is 1.88. The molecule has 0 radical (unpaired) electrons. The van der Waals surface area contributed by atoms with Crippen LogP contribution in [0.25, 0.3) is 10.8 Å². The van der Waals surface area contributed by atoms with Gasteiger partial charge in [0.2, 0.25) is 15.9 Å². The van der Waals surface area contributed by atoms with Gasteiger partial charge in [-0.3, -0.25) is 9.69 Å². The van der Waals surface area contributed by atoms with Crippen molar-refractivity contribution in [1.29, 1.82) is 0 Å². The van der Waals surface area contributed by atoms with Gasteiger partial charge in [0.25, 0.3) is 0 Å². The molecule has 2 aromatic rings. The molecule has 0 bridgehead atoms. The second kappa shape index (κ2) is 8.65. The maximum atomic E-state index is 13.2. The summed E-state index contributed by atoms with van der Waals surface area (Å²) in [5.41, 5.74) is 0. The number of fused-ring (bicyclic) bond motifs is 1. The van der Waals surface area contributed by atoms with Crippen molar-refractivity contribution < 1.29 is 21.6 Å². The van der Waals surface area contributed by atoms with E-state index in [0.717, 1.165) is 23.6 Å². The Kier molecular flexibility index (Phi) is 5.97. The summed E-state index contributed by atoms with van der Waals surface area (Å²) in [7, 11) is -6.66. The van der Waals surface area contributed by atoms with Gasteiger partial charge in [-0.1, -0.05) is 30.3 Å². The molecule has 3 fully saturated rings. The van der Waals surface area contributed by atoms with Gasteiger partial charge in [-0.25, -0.2) is 16.8 Å². The molecular weight excluding hydrogens is 462 g/mol. The van der Waals surface area contributed by atoms with Crippen LogP contribution < -0.4 is 0 Å². The zero-order valence-corrected chi connectivity index (χ0v) is 20.1. The van der Waals surface area contributed by atoms with Gasteiger partial charge in [0.05, 0.1) is 22.9 Å². The number of carbonyl (C=O) groups is 1. The number of hydrogen-bond donors (Lipinski definition) is 0. The molecule has 2 heterocycles. The van der Waals surface area contributed by atoms with Crippen molar-refractivity contribution in [2.45, 2.75) is 36.2 Å². The lowest BCUT2D eigenvalue weighted by Gasteiger charge is -2.36. The van der Waals surface area contributed by atoms with E-state index < -0.39 is 19.9 Å². The molecule has 0 spiro atoms. The van der Waals surface area contributed by atoms with Crippen molar-refractivity contribution in [3.05, 3.63) is 42.5 Å². The highest BCUT2D eigenvalue weighted by Crippen LogP contribution is 2.32. The number of carbonyl (C=O) groups excluding carboxylic acids is 1. The van der Waals surface area contributed by atoms with Gasteiger partial charge in [0.15, 0.2) is 9.84 Å². The van der Waals surface area contributed by atoms with E-state index in [2.05, 4.69) is 0 Å². The van der Waals surface area contributed by atoms with Gasteiger partial charge in [0, 0.05) is 38.3 Å². The SMILES string of the molecule is O=C(CN1CCN(S(=O)(=O)c2ccc3ccccc3c2)CC1)N(C1CC1)C1CCS(=O)(=O)C1. The Bertz CT molecular complexity index is 1270. The summed E-state index contributed by atoms with van der Waals surface area (Å²) in [6.45, 7) is 1.80. The van der Waals surface area contributed by atoms with Crippen LogP contribution in [0.15, 0.2) is 47.4 Å². The average molecular weight is 492 g/mol. The highest BCUT2D eigenvalue weighted by molar-refractivity contribution is 7.91. The molecular formula is C23H29N3O5S2. The number of sulfonamides is 1. The van der Waals surface area contributed by atoms with Crippen LogP contribution in [0.4, 0.5) is 0 Å². The number of benzene rings is 2. The van der Waals surface area contributed by atoms with Gasteiger partial charge in [-0.15, -0.1) is 0 Å². The summed E-state index contributed by atoms with van der Waals surface area (Å²) in [6.07, 6.45) is 2.38. The topological polar surface area (TPSA) is 95.1 Å². The van der Waals surface area contributed by atoms with Gasteiger partial charge >= 0.3 is 0 Å². The van der Waals surface area contributed by atoms with Crippen molar-refractivity contribution in [2.24, 2.45) is 0 Å². The highest BCUT2D eigenvalue weighted by atomic mass is 32.2. The largest absolute Gasteiger partial charge is 0.335 e. The summed E-state index contributed by atoms with van der Waals surface area (Å²) < 4.78 is 51.7. The van der Waals surface area contributed by atoms with E-state index in [-0.39, 0.29) is 40.9 Å². The zero-order chi connectivity index (χ0) is 23.2. The first kappa shape index (κ1) is 22.8. The molecule has 1 saturated carbocycles. The molecule has 0 N–H and O–H groups in total. The Balaban J connectivity index is 1.21. The Morgan fingerprint density at radius 1 is 0.939 bits per heavy atom. The fourth-order valence-corrected chi connectivity index (χ4v) is 8.10. The average Bonchev–Trinajstić information content (AvgIpc) is 3.56. The van der Waals surface area contributed by atoms with Crippen molar-refractivity contribution in [1.82, 2.24) is 14.1 Å². The molecule has 10 heteroatoms. The first-order chi connectivity index (χ1) is 15.7. The van der Waals surface area contributed by atoms with Crippen LogP contribution in [0.5, 0.6) is 0 Å². The van der Waals surface area contributed by atoms with Crippen LogP contribution in [-0.2, 0) is 24.7 Å². The molecule has 1 atom stereocenters. The molecule has 178 valence electrons. The third-order valence-corrected chi connectivity index (χ3v) is 10.5. The molecule has 8 nitrogen and oxygen atoms in total. The Morgan fingerprint density at radius 3 is 2.27 bits per heavy atom. The minimum absolute atomic E-state index is 0.0366. The molecule has 33 heavy (non-hydrogen) atoms. The number of piperazine rings is 1. The van der Waals surface area contributed by atoms with Gasteiger partial charge < -0.3 is 4.90 Å². The Hall–Kier alpha value is -2.01. The van der Waals surface area contributed by atoms with Gasteiger partial charge in [-0.2, -0.15) is 4.31 Å². The highest BCUT2D eigenvalue weighted by Gasteiger charge is 2.42. The van der Waals surface area contributed by atoms with E-state index in [9.17, 15) is 21.6 Å². The normalized spacial score (nSPS) is 24.2. The third kappa shape index (κ3) is 4.80. The number of nitrogens with zero attached hydrogens (tertiary/aromatic N) is 3. The molecule has 1 unspecified atom stereocenters. The van der Waals surface area contributed by atoms with Crippen LogP contribution in [0.2, 0.25) is 0 Å². The lowest BCUT2D eigenvalue weighted by atomic mass is 10.1. The quantitative estimate of drug-likeness (QED) is 0.605. The lowest BCUT2D eigenvalue weighted by molar-refractivity contribution is -0.135. The maximum Gasteiger partial charge on any atom is 0.243 e. The first-order valence-electron chi connectivity index (χ1n) is 11.5.